The highest BCUT2D eigenvalue weighted by atomic mass is 35.5. The molecule has 3 aromatic rings. The van der Waals surface area contributed by atoms with E-state index in [0.29, 0.717) is 29.0 Å². The van der Waals surface area contributed by atoms with Crippen molar-refractivity contribution in [3.8, 4) is 22.6 Å². The van der Waals surface area contributed by atoms with Crippen molar-refractivity contribution in [2.75, 3.05) is 19.5 Å². The standard InChI is InChI=1S/C22H22ClN3O2/c1-27-20-12-11-18(13-21(20)28-2)26-22(24)25-14-16-5-3-4-6-19(16)15-7-9-17(23)10-8-15/h3-13H,14H2,1-2H3,(H3,24,25,26). The summed E-state index contributed by atoms with van der Waals surface area (Å²) in [5.74, 6) is 1.59. The largest absolute Gasteiger partial charge is 0.493 e. The molecular weight excluding hydrogens is 374 g/mol. The average molecular weight is 396 g/mol. The monoisotopic (exact) mass is 395 g/mol. The van der Waals surface area contributed by atoms with E-state index in [-0.39, 0.29) is 0 Å². The van der Waals surface area contributed by atoms with Gasteiger partial charge < -0.3 is 20.5 Å². The van der Waals surface area contributed by atoms with Crippen LogP contribution in [0.2, 0.25) is 5.02 Å². The normalized spacial score (nSPS) is 11.2. The van der Waals surface area contributed by atoms with E-state index in [1.807, 2.05) is 60.7 Å². The number of ether oxygens (including phenoxy) is 2. The van der Waals surface area contributed by atoms with Crippen molar-refractivity contribution in [2.24, 2.45) is 10.7 Å². The van der Waals surface area contributed by atoms with Gasteiger partial charge in [-0.15, -0.1) is 0 Å². The topological polar surface area (TPSA) is 68.9 Å². The molecule has 3 rings (SSSR count). The third-order valence-corrected chi connectivity index (χ3v) is 4.50. The first-order valence-electron chi connectivity index (χ1n) is 8.73. The number of nitrogens with two attached hydrogens (primary N) is 1. The van der Waals surface area contributed by atoms with Gasteiger partial charge in [-0.05, 0) is 41.0 Å². The maximum absolute atomic E-state index is 6.07. The zero-order chi connectivity index (χ0) is 19.9. The van der Waals surface area contributed by atoms with E-state index in [1.165, 1.54) is 0 Å². The Morgan fingerprint density at radius 3 is 2.39 bits per heavy atom. The molecule has 0 unspecified atom stereocenters. The number of hydrogen-bond donors (Lipinski definition) is 2. The van der Waals surface area contributed by atoms with Crippen molar-refractivity contribution >= 4 is 23.2 Å². The maximum atomic E-state index is 6.07. The molecule has 0 aliphatic heterocycles. The molecular formula is C22H22ClN3O2. The summed E-state index contributed by atoms with van der Waals surface area (Å²) in [7, 11) is 3.19. The number of halogens is 1. The average Bonchev–Trinajstić information content (AvgIpc) is 2.73. The predicted octanol–water partition coefficient (Wildman–Crippen LogP) is 4.95. The summed E-state index contributed by atoms with van der Waals surface area (Å²) in [5, 5.41) is 3.79. The van der Waals surface area contributed by atoms with Gasteiger partial charge in [0.2, 0.25) is 0 Å². The molecule has 3 aromatic carbocycles. The lowest BCUT2D eigenvalue weighted by Crippen LogP contribution is -2.22. The summed E-state index contributed by atoms with van der Waals surface area (Å²) in [6.07, 6.45) is 0. The van der Waals surface area contributed by atoms with Crippen molar-refractivity contribution < 1.29 is 9.47 Å². The van der Waals surface area contributed by atoms with Crippen molar-refractivity contribution in [1.29, 1.82) is 0 Å². The Kier molecular flexibility index (Phi) is 6.40. The first-order valence-corrected chi connectivity index (χ1v) is 9.11. The van der Waals surface area contributed by atoms with Crippen LogP contribution in [0.15, 0.2) is 71.7 Å². The van der Waals surface area contributed by atoms with Crippen LogP contribution in [0.4, 0.5) is 5.69 Å². The van der Waals surface area contributed by atoms with Crippen LogP contribution in [-0.4, -0.2) is 20.2 Å². The highest BCUT2D eigenvalue weighted by Crippen LogP contribution is 2.30. The summed E-state index contributed by atoms with van der Waals surface area (Å²) in [6, 6.07) is 21.3. The van der Waals surface area contributed by atoms with Gasteiger partial charge in [-0.25, -0.2) is 4.99 Å². The van der Waals surface area contributed by atoms with Gasteiger partial charge in [-0.2, -0.15) is 0 Å². The lowest BCUT2D eigenvalue weighted by Gasteiger charge is -2.11. The van der Waals surface area contributed by atoms with Crippen LogP contribution in [0.5, 0.6) is 11.5 Å². The molecule has 0 radical (unpaired) electrons. The van der Waals surface area contributed by atoms with Crippen LogP contribution >= 0.6 is 11.6 Å². The fraction of sp³-hybridized carbons (Fsp3) is 0.136. The maximum Gasteiger partial charge on any atom is 0.193 e. The van der Waals surface area contributed by atoms with Gasteiger partial charge in [0.05, 0.1) is 20.8 Å². The summed E-state index contributed by atoms with van der Waals surface area (Å²) < 4.78 is 10.5. The number of rotatable bonds is 6. The molecule has 0 fully saturated rings. The molecule has 0 atom stereocenters. The lowest BCUT2D eigenvalue weighted by atomic mass is 10.00. The van der Waals surface area contributed by atoms with E-state index in [1.54, 1.807) is 14.2 Å². The molecule has 144 valence electrons. The van der Waals surface area contributed by atoms with Gasteiger partial charge in [-0.3, -0.25) is 0 Å². The molecule has 28 heavy (non-hydrogen) atoms. The van der Waals surface area contributed by atoms with Crippen LogP contribution in [0.25, 0.3) is 11.1 Å². The molecule has 0 spiro atoms. The second-order valence-corrected chi connectivity index (χ2v) is 6.50. The quantitative estimate of drug-likeness (QED) is 0.457. The van der Waals surface area contributed by atoms with Crippen molar-refractivity contribution in [1.82, 2.24) is 0 Å². The summed E-state index contributed by atoms with van der Waals surface area (Å²) >= 11 is 6.00. The molecule has 0 bridgehead atoms. The van der Waals surface area contributed by atoms with Gasteiger partial charge >= 0.3 is 0 Å². The van der Waals surface area contributed by atoms with E-state index < -0.39 is 0 Å². The van der Waals surface area contributed by atoms with Crippen LogP contribution in [-0.2, 0) is 6.54 Å². The van der Waals surface area contributed by atoms with E-state index in [4.69, 9.17) is 26.8 Å². The fourth-order valence-corrected chi connectivity index (χ4v) is 2.97. The first-order chi connectivity index (χ1) is 13.6. The molecule has 0 saturated heterocycles. The van der Waals surface area contributed by atoms with Crippen LogP contribution in [0, 0.1) is 0 Å². The summed E-state index contributed by atoms with van der Waals surface area (Å²) in [5.41, 5.74) is 10.1. The van der Waals surface area contributed by atoms with Gasteiger partial charge in [0.1, 0.15) is 0 Å². The van der Waals surface area contributed by atoms with Gasteiger partial charge in [0.25, 0.3) is 0 Å². The second kappa shape index (κ2) is 9.15. The molecule has 6 heteroatoms. The number of aliphatic imine (C=N–C) groups is 1. The Balaban J connectivity index is 1.76. The Labute approximate surface area is 169 Å². The minimum atomic E-state index is 0.318. The SMILES string of the molecule is COc1ccc(NC(N)=NCc2ccccc2-c2ccc(Cl)cc2)cc1OC. The Bertz CT molecular complexity index is 972. The molecule has 3 N–H and O–H groups in total. The number of nitrogens with zero attached hydrogens (tertiary/aromatic N) is 1. The molecule has 0 aliphatic carbocycles. The molecule has 0 aliphatic rings. The smallest absolute Gasteiger partial charge is 0.193 e. The third kappa shape index (κ3) is 4.75. The van der Waals surface area contributed by atoms with Gasteiger partial charge in [0.15, 0.2) is 17.5 Å². The molecule has 0 heterocycles. The highest BCUT2D eigenvalue weighted by Gasteiger charge is 2.07. The molecule has 5 nitrogen and oxygen atoms in total. The molecule has 0 amide bonds. The summed E-state index contributed by atoms with van der Waals surface area (Å²) in [6.45, 7) is 0.449. The minimum absolute atomic E-state index is 0.318. The lowest BCUT2D eigenvalue weighted by molar-refractivity contribution is 0.355. The van der Waals surface area contributed by atoms with E-state index in [0.717, 1.165) is 22.4 Å². The van der Waals surface area contributed by atoms with E-state index >= 15 is 0 Å². The zero-order valence-corrected chi connectivity index (χ0v) is 16.5. The first kappa shape index (κ1) is 19.6. The number of benzene rings is 3. The Morgan fingerprint density at radius 1 is 0.964 bits per heavy atom. The van der Waals surface area contributed by atoms with Gasteiger partial charge in [-0.1, -0.05) is 48.0 Å². The summed E-state index contributed by atoms with van der Waals surface area (Å²) in [4.78, 5) is 4.48. The van der Waals surface area contributed by atoms with Gasteiger partial charge in [0, 0.05) is 16.8 Å². The van der Waals surface area contributed by atoms with Crippen molar-refractivity contribution in [3.05, 3.63) is 77.3 Å². The number of methoxy groups -OCH3 is 2. The molecule has 0 aromatic heterocycles. The number of nitrogens with one attached hydrogen (secondary N) is 1. The Morgan fingerprint density at radius 2 is 1.68 bits per heavy atom. The molecule has 0 saturated carbocycles. The minimum Gasteiger partial charge on any atom is -0.493 e. The third-order valence-electron chi connectivity index (χ3n) is 4.25. The van der Waals surface area contributed by atoms with Crippen LogP contribution in [0.1, 0.15) is 5.56 Å². The van der Waals surface area contributed by atoms with Crippen molar-refractivity contribution in [3.63, 3.8) is 0 Å². The second-order valence-electron chi connectivity index (χ2n) is 6.06. The van der Waals surface area contributed by atoms with E-state index in [9.17, 15) is 0 Å². The fourth-order valence-electron chi connectivity index (χ4n) is 2.84. The Hall–Kier alpha value is -3.18. The van der Waals surface area contributed by atoms with Crippen molar-refractivity contribution in [2.45, 2.75) is 6.54 Å². The van der Waals surface area contributed by atoms with Crippen LogP contribution < -0.4 is 20.5 Å². The number of anilines is 1. The number of hydrogen-bond acceptors (Lipinski definition) is 3. The zero-order valence-electron chi connectivity index (χ0n) is 15.8. The number of guanidine groups is 1. The predicted molar refractivity (Wildman–Crippen MR) is 115 cm³/mol. The highest BCUT2D eigenvalue weighted by molar-refractivity contribution is 6.30. The van der Waals surface area contributed by atoms with E-state index in [2.05, 4.69) is 16.4 Å². The van der Waals surface area contributed by atoms with Crippen LogP contribution in [0.3, 0.4) is 0 Å².